The van der Waals surface area contributed by atoms with Crippen LogP contribution < -0.4 is 10.6 Å². The molecule has 0 radical (unpaired) electrons. The van der Waals surface area contributed by atoms with Gasteiger partial charge in [-0.05, 0) is 35.8 Å². The van der Waals surface area contributed by atoms with Crippen molar-refractivity contribution in [2.45, 2.75) is 20.3 Å². The Kier molecular flexibility index (Phi) is 3.85. The molecule has 1 saturated heterocycles. The predicted molar refractivity (Wildman–Crippen MR) is 95.0 cm³/mol. The second-order valence-electron chi connectivity index (χ2n) is 6.28. The molecule has 110 valence electrons. The van der Waals surface area contributed by atoms with Gasteiger partial charge in [0, 0.05) is 29.7 Å². The number of anilines is 1. The molecule has 1 aliphatic heterocycles. The summed E-state index contributed by atoms with van der Waals surface area (Å²) in [5.74, 6) is 1.54. The van der Waals surface area contributed by atoms with Crippen molar-refractivity contribution in [1.29, 1.82) is 0 Å². The highest BCUT2D eigenvalue weighted by molar-refractivity contribution is 7.80. The Morgan fingerprint density at radius 3 is 2.52 bits per heavy atom. The Balaban J connectivity index is 2.05. The summed E-state index contributed by atoms with van der Waals surface area (Å²) in [6.45, 7) is 6.93. The topological polar surface area (TPSA) is 29.3 Å². The van der Waals surface area contributed by atoms with E-state index in [4.69, 9.17) is 18.0 Å². The van der Waals surface area contributed by atoms with E-state index >= 15 is 0 Å². The van der Waals surface area contributed by atoms with Crippen LogP contribution >= 0.6 is 12.2 Å². The fourth-order valence-corrected chi connectivity index (χ4v) is 3.50. The third kappa shape index (κ3) is 2.62. The van der Waals surface area contributed by atoms with E-state index < -0.39 is 0 Å². The molecular formula is C18H22N2S. The first-order chi connectivity index (χ1) is 10.1. The summed E-state index contributed by atoms with van der Waals surface area (Å²) in [6.07, 6.45) is 1.28. The first-order valence-corrected chi connectivity index (χ1v) is 8.05. The molecule has 0 saturated carbocycles. The van der Waals surface area contributed by atoms with Gasteiger partial charge in [0.2, 0.25) is 0 Å². The Hall–Kier alpha value is -1.61. The van der Waals surface area contributed by atoms with E-state index in [1.807, 2.05) is 0 Å². The van der Waals surface area contributed by atoms with Gasteiger partial charge in [0.1, 0.15) is 4.99 Å². The highest BCUT2D eigenvalue weighted by Crippen LogP contribution is 2.34. The standard InChI is InChI=1S/C18H22N2S/c1-12(2)13-9-10-20(11-13)17-8-7-16(18(19)21)14-5-3-4-6-15(14)17/h3-8,12-13H,9-11H2,1-2H3,(H2,19,21). The van der Waals surface area contributed by atoms with Crippen LogP contribution in [0.15, 0.2) is 36.4 Å². The fraction of sp³-hybridized carbons (Fsp3) is 0.389. The van der Waals surface area contributed by atoms with Crippen molar-refractivity contribution in [3.05, 3.63) is 42.0 Å². The van der Waals surface area contributed by atoms with Crippen molar-refractivity contribution in [1.82, 2.24) is 0 Å². The monoisotopic (exact) mass is 298 g/mol. The lowest BCUT2D eigenvalue weighted by molar-refractivity contribution is 0.423. The second-order valence-corrected chi connectivity index (χ2v) is 6.72. The number of benzene rings is 2. The zero-order valence-electron chi connectivity index (χ0n) is 12.7. The molecular weight excluding hydrogens is 276 g/mol. The lowest BCUT2D eigenvalue weighted by atomic mass is 9.95. The van der Waals surface area contributed by atoms with E-state index in [0.29, 0.717) is 4.99 Å². The fourth-order valence-electron chi connectivity index (χ4n) is 3.32. The van der Waals surface area contributed by atoms with Crippen molar-refractivity contribution in [2.75, 3.05) is 18.0 Å². The minimum Gasteiger partial charge on any atom is -0.389 e. The van der Waals surface area contributed by atoms with Gasteiger partial charge < -0.3 is 10.6 Å². The van der Waals surface area contributed by atoms with Gasteiger partial charge in [0.25, 0.3) is 0 Å². The Morgan fingerprint density at radius 1 is 1.19 bits per heavy atom. The van der Waals surface area contributed by atoms with Crippen LogP contribution in [0.2, 0.25) is 0 Å². The first-order valence-electron chi connectivity index (χ1n) is 7.64. The minimum absolute atomic E-state index is 0.472. The molecule has 0 bridgehead atoms. The van der Waals surface area contributed by atoms with Gasteiger partial charge >= 0.3 is 0 Å². The highest BCUT2D eigenvalue weighted by Gasteiger charge is 2.26. The third-order valence-corrected chi connectivity index (χ3v) is 4.89. The molecule has 2 aromatic rings. The minimum atomic E-state index is 0.472. The Bertz CT molecular complexity index is 678. The predicted octanol–water partition coefficient (Wildman–Crippen LogP) is 3.96. The number of fused-ring (bicyclic) bond motifs is 1. The molecule has 1 aliphatic rings. The quantitative estimate of drug-likeness (QED) is 0.870. The molecule has 0 spiro atoms. The van der Waals surface area contributed by atoms with Crippen LogP contribution in [-0.2, 0) is 0 Å². The molecule has 0 aromatic heterocycles. The Morgan fingerprint density at radius 2 is 1.90 bits per heavy atom. The summed E-state index contributed by atoms with van der Waals surface area (Å²) in [7, 11) is 0. The molecule has 1 atom stereocenters. The van der Waals surface area contributed by atoms with Gasteiger partial charge in [0.15, 0.2) is 0 Å². The van der Waals surface area contributed by atoms with Crippen LogP contribution in [0.1, 0.15) is 25.8 Å². The van der Waals surface area contributed by atoms with Crippen LogP contribution in [0, 0.1) is 11.8 Å². The number of thiocarbonyl (C=S) groups is 1. The van der Waals surface area contributed by atoms with Gasteiger partial charge in [-0.1, -0.05) is 50.3 Å². The molecule has 3 rings (SSSR count). The zero-order chi connectivity index (χ0) is 15.0. The largest absolute Gasteiger partial charge is 0.389 e. The molecule has 2 N–H and O–H groups in total. The number of rotatable bonds is 3. The summed E-state index contributed by atoms with van der Waals surface area (Å²) in [4.78, 5) is 2.98. The molecule has 2 nitrogen and oxygen atoms in total. The van der Waals surface area contributed by atoms with E-state index in [0.717, 1.165) is 35.9 Å². The summed E-state index contributed by atoms with van der Waals surface area (Å²) in [6, 6.07) is 12.7. The summed E-state index contributed by atoms with van der Waals surface area (Å²) in [5.41, 5.74) is 8.15. The number of hydrogen-bond donors (Lipinski definition) is 1. The average Bonchev–Trinajstić information content (AvgIpc) is 2.95. The van der Waals surface area contributed by atoms with Gasteiger partial charge in [-0.15, -0.1) is 0 Å². The van der Waals surface area contributed by atoms with Gasteiger partial charge in [-0.25, -0.2) is 0 Å². The normalized spacial score (nSPS) is 18.6. The van der Waals surface area contributed by atoms with Crippen molar-refractivity contribution in [3.8, 4) is 0 Å². The average molecular weight is 298 g/mol. The lowest BCUT2D eigenvalue weighted by Crippen LogP contribution is -2.21. The van der Waals surface area contributed by atoms with Gasteiger partial charge in [-0.3, -0.25) is 0 Å². The summed E-state index contributed by atoms with van der Waals surface area (Å²) in [5, 5.41) is 2.42. The maximum atomic E-state index is 5.86. The van der Waals surface area contributed by atoms with Crippen molar-refractivity contribution in [2.24, 2.45) is 17.6 Å². The van der Waals surface area contributed by atoms with Crippen molar-refractivity contribution in [3.63, 3.8) is 0 Å². The number of nitrogens with zero attached hydrogens (tertiary/aromatic N) is 1. The maximum Gasteiger partial charge on any atom is 0.104 e. The van der Waals surface area contributed by atoms with Crippen LogP contribution in [0.5, 0.6) is 0 Å². The molecule has 3 heteroatoms. The van der Waals surface area contributed by atoms with Gasteiger partial charge in [-0.2, -0.15) is 0 Å². The van der Waals surface area contributed by atoms with Crippen LogP contribution in [0.4, 0.5) is 5.69 Å². The van der Waals surface area contributed by atoms with Crippen molar-refractivity contribution >= 4 is 33.7 Å². The molecule has 21 heavy (non-hydrogen) atoms. The smallest absolute Gasteiger partial charge is 0.104 e. The van der Waals surface area contributed by atoms with Crippen molar-refractivity contribution < 1.29 is 0 Å². The molecule has 0 aliphatic carbocycles. The lowest BCUT2D eigenvalue weighted by Gasteiger charge is -2.22. The van der Waals surface area contributed by atoms with E-state index in [1.54, 1.807) is 0 Å². The van der Waals surface area contributed by atoms with E-state index in [1.165, 1.54) is 17.5 Å². The molecule has 1 fully saturated rings. The zero-order valence-corrected chi connectivity index (χ0v) is 13.5. The summed E-state index contributed by atoms with van der Waals surface area (Å²) >= 11 is 5.18. The van der Waals surface area contributed by atoms with Crippen LogP contribution in [0.25, 0.3) is 10.8 Å². The highest BCUT2D eigenvalue weighted by atomic mass is 32.1. The van der Waals surface area contributed by atoms with E-state index in [2.05, 4.69) is 55.1 Å². The van der Waals surface area contributed by atoms with E-state index in [9.17, 15) is 0 Å². The SMILES string of the molecule is CC(C)C1CCN(c2ccc(C(N)=S)c3ccccc23)C1. The number of nitrogens with two attached hydrogens (primary N) is 1. The molecule has 1 unspecified atom stereocenters. The third-order valence-electron chi connectivity index (χ3n) is 4.67. The first kappa shape index (κ1) is 14.3. The van der Waals surface area contributed by atoms with Crippen LogP contribution in [0.3, 0.4) is 0 Å². The van der Waals surface area contributed by atoms with Gasteiger partial charge in [0.05, 0.1) is 0 Å². The maximum absolute atomic E-state index is 5.86. The van der Waals surface area contributed by atoms with E-state index in [-0.39, 0.29) is 0 Å². The number of hydrogen-bond acceptors (Lipinski definition) is 2. The Labute approximate surface area is 131 Å². The molecule has 0 amide bonds. The van der Waals surface area contributed by atoms with Crippen LogP contribution in [-0.4, -0.2) is 18.1 Å². The second kappa shape index (κ2) is 5.64. The summed E-state index contributed by atoms with van der Waals surface area (Å²) < 4.78 is 0. The molecule has 2 aromatic carbocycles. The molecule has 1 heterocycles.